The van der Waals surface area contributed by atoms with Crippen LogP contribution in [0.15, 0.2) is 40.8 Å². The van der Waals surface area contributed by atoms with Crippen molar-refractivity contribution in [2.75, 3.05) is 25.0 Å². The number of piperidine rings is 1. The molecule has 2 aliphatic heterocycles. The molecule has 0 atom stereocenters. The van der Waals surface area contributed by atoms with Crippen molar-refractivity contribution in [3.63, 3.8) is 0 Å². The molecule has 32 heavy (non-hydrogen) atoms. The van der Waals surface area contributed by atoms with E-state index in [0.29, 0.717) is 37.6 Å². The molecule has 8 nitrogen and oxygen atoms in total. The summed E-state index contributed by atoms with van der Waals surface area (Å²) in [6, 6.07) is 9.82. The molecule has 0 unspecified atom stereocenters. The van der Waals surface area contributed by atoms with Crippen molar-refractivity contribution < 1.29 is 14.4 Å². The van der Waals surface area contributed by atoms with Crippen LogP contribution >= 0.6 is 11.3 Å². The lowest BCUT2D eigenvalue weighted by molar-refractivity contribution is -0.138. The number of aromatic nitrogens is 1. The molecule has 3 amide bonds. The molecule has 0 bridgehead atoms. The third-order valence-electron chi connectivity index (χ3n) is 5.82. The minimum Gasteiger partial charge on any atom is -0.343 e. The number of carbonyl (C=O) groups excluding carboxylic acids is 3. The van der Waals surface area contributed by atoms with Gasteiger partial charge in [-0.15, -0.1) is 11.3 Å². The molecule has 1 N–H and O–H groups in total. The average Bonchev–Trinajstić information content (AvgIpc) is 3.47. The Morgan fingerprint density at radius 1 is 1.06 bits per heavy atom. The number of hydrogen-bond donors (Lipinski definition) is 1. The predicted octanol–water partition coefficient (Wildman–Crippen LogP) is 3.05. The molecule has 0 aliphatic carbocycles. The molecule has 1 saturated heterocycles. The topological polar surface area (TPSA) is 95.0 Å². The number of likely N-dealkylation sites (tertiary alicyclic amines) is 1. The molecule has 4 rings (SSSR count). The first-order valence-electron chi connectivity index (χ1n) is 10.9. The second kappa shape index (κ2) is 10.0. The van der Waals surface area contributed by atoms with Gasteiger partial charge in [-0.25, -0.2) is 9.99 Å². The SMILES string of the molecule is Cc1csc(NC(=O)C2CCN(C(=O)CCC(=O)N3CCC(c4ccccc4)=N3)CC2)n1. The Morgan fingerprint density at radius 2 is 1.78 bits per heavy atom. The summed E-state index contributed by atoms with van der Waals surface area (Å²) in [5.74, 6) is -0.334. The highest BCUT2D eigenvalue weighted by atomic mass is 32.1. The van der Waals surface area contributed by atoms with Crippen LogP contribution in [0.25, 0.3) is 0 Å². The van der Waals surface area contributed by atoms with E-state index in [1.54, 1.807) is 4.90 Å². The Kier molecular flexibility index (Phi) is 6.94. The molecule has 9 heteroatoms. The van der Waals surface area contributed by atoms with Gasteiger partial charge in [0.1, 0.15) is 0 Å². The van der Waals surface area contributed by atoms with E-state index in [0.717, 1.165) is 23.4 Å². The zero-order valence-electron chi connectivity index (χ0n) is 18.1. The van der Waals surface area contributed by atoms with Crippen LogP contribution in [0, 0.1) is 12.8 Å². The van der Waals surface area contributed by atoms with Gasteiger partial charge in [-0.1, -0.05) is 30.3 Å². The van der Waals surface area contributed by atoms with Crippen LogP contribution in [0.2, 0.25) is 0 Å². The number of nitrogens with one attached hydrogen (secondary N) is 1. The van der Waals surface area contributed by atoms with Gasteiger partial charge < -0.3 is 10.2 Å². The van der Waals surface area contributed by atoms with Crippen molar-refractivity contribution in [3.05, 3.63) is 47.0 Å². The first-order chi connectivity index (χ1) is 15.5. The van der Waals surface area contributed by atoms with Gasteiger partial charge in [0.15, 0.2) is 5.13 Å². The van der Waals surface area contributed by atoms with Crippen LogP contribution in [0.3, 0.4) is 0 Å². The summed E-state index contributed by atoms with van der Waals surface area (Å²) in [4.78, 5) is 43.6. The van der Waals surface area contributed by atoms with Crippen molar-refractivity contribution in [3.8, 4) is 0 Å². The van der Waals surface area contributed by atoms with Gasteiger partial charge in [0.25, 0.3) is 0 Å². The maximum atomic E-state index is 12.6. The number of hydrogen-bond acceptors (Lipinski definition) is 6. The Labute approximate surface area is 191 Å². The smallest absolute Gasteiger partial charge is 0.243 e. The molecule has 168 valence electrons. The van der Waals surface area contributed by atoms with Gasteiger partial charge in [-0.2, -0.15) is 5.10 Å². The molecule has 0 radical (unpaired) electrons. The highest BCUT2D eigenvalue weighted by molar-refractivity contribution is 7.13. The molecular weight excluding hydrogens is 426 g/mol. The molecule has 1 fully saturated rings. The number of aryl methyl sites for hydroxylation is 1. The van der Waals surface area contributed by atoms with Gasteiger partial charge in [-0.05, 0) is 25.3 Å². The molecule has 0 saturated carbocycles. The van der Waals surface area contributed by atoms with Crippen LogP contribution in [-0.4, -0.2) is 58.0 Å². The zero-order chi connectivity index (χ0) is 22.5. The third-order valence-corrected chi connectivity index (χ3v) is 6.69. The standard InChI is InChI=1S/C23H27N5O3S/c1-16-15-32-23(24-16)25-22(31)18-9-12-27(13-10-18)20(29)7-8-21(30)28-14-11-19(26-28)17-5-3-2-4-6-17/h2-6,15,18H,7-14H2,1H3,(H,24,25,31). The van der Waals surface area contributed by atoms with E-state index in [2.05, 4.69) is 15.4 Å². The number of amides is 3. The van der Waals surface area contributed by atoms with Crippen molar-refractivity contribution in [1.29, 1.82) is 0 Å². The fourth-order valence-corrected chi connectivity index (χ4v) is 4.67. The van der Waals surface area contributed by atoms with Crippen molar-refractivity contribution >= 4 is 39.9 Å². The van der Waals surface area contributed by atoms with Gasteiger partial charge in [0, 0.05) is 43.6 Å². The quantitative estimate of drug-likeness (QED) is 0.727. The largest absolute Gasteiger partial charge is 0.343 e. The Balaban J connectivity index is 1.20. The van der Waals surface area contributed by atoms with E-state index in [-0.39, 0.29) is 36.5 Å². The van der Waals surface area contributed by atoms with Crippen LogP contribution < -0.4 is 5.32 Å². The van der Waals surface area contributed by atoms with E-state index < -0.39 is 0 Å². The summed E-state index contributed by atoms with van der Waals surface area (Å²) in [7, 11) is 0. The first-order valence-corrected chi connectivity index (χ1v) is 11.8. The molecule has 1 aromatic carbocycles. The monoisotopic (exact) mass is 453 g/mol. The number of anilines is 1. The maximum Gasteiger partial charge on any atom is 0.243 e. The van der Waals surface area contributed by atoms with E-state index in [1.165, 1.54) is 16.3 Å². The van der Waals surface area contributed by atoms with Gasteiger partial charge >= 0.3 is 0 Å². The molecule has 2 aromatic rings. The summed E-state index contributed by atoms with van der Waals surface area (Å²) in [6.07, 6.45) is 2.27. The van der Waals surface area contributed by atoms with Crippen LogP contribution in [-0.2, 0) is 14.4 Å². The number of rotatable bonds is 6. The lowest BCUT2D eigenvalue weighted by atomic mass is 9.95. The fourth-order valence-electron chi connectivity index (χ4n) is 3.98. The van der Waals surface area contributed by atoms with Crippen molar-refractivity contribution in [2.45, 2.75) is 39.0 Å². The maximum absolute atomic E-state index is 12.6. The summed E-state index contributed by atoms with van der Waals surface area (Å²) in [5, 5.41) is 11.3. The van der Waals surface area contributed by atoms with Crippen LogP contribution in [0.5, 0.6) is 0 Å². The van der Waals surface area contributed by atoms with Crippen molar-refractivity contribution in [2.24, 2.45) is 11.0 Å². The zero-order valence-corrected chi connectivity index (χ0v) is 18.9. The minimum absolute atomic E-state index is 0.0391. The number of hydrazone groups is 1. The Hall–Kier alpha value is -3.07. The van der Waals surface area contributed by atoms with Gasteiger partial charge in [0.05, 0.1) is 18.0 Å². The van der Waals surface area contributed by atoms with Gasteiger partial charge in [-0.3, -0.25) is 14.4 Å². The highest BCUT2D eigenvalue weighted by Crippen LogP contribution is 2.22. The second-order valence-electron chi connectivity index (χ2n) is 8.12. The third kappa shape index (κ3) is 5.40. The molecule has 3 heterocycles. The number of carbonyl (C=O) groups is 3. The van der Waals surface area contributed by atoms with E-state index >= 15 is 0 Å². The van der Waals surface area contributed by atoms with Crippen LogP contribution in [0.1, 0.15) is 43.4 Å². The predicted molar refractivity (Wildman–Crippen MR) is 123 cm³/mol. The highest BCUT2D eigenvalue weighted by Gasteiger charge is 2.28. The van der Waals surface area contributed by atoms with E-state index in [4.69, 9.17) is 0 Å². The van der Waals surface area contributed by atoms with E-state index in [9.17, 15) is 14.4 Å². The Morgan fingerprint density at radius 3 is 2.47 bits per heavy atom. The fraction of sp³-hybridized carbons (Fsp3) is 0.435. The normalized spacial score (nSPS) is 16.7. The van der Waals surface area contributed by atoms with Crippen LogP contribution in [0.4, 0.5) is 5.13 Å². The number of nitrogens with zero attached hydrogens (tertiary/aromatic N) is 4. The first kappa shape index (κ1) is 22.1. The number of benzene rings is 1. The number of thiazole rings is 1. The summed E-state index contributed by atoms with van der Waals surface area (Å²) in [6.45, 7) is 3.50. The molecule has 0 spiro atoms. The summed E-state index contributed by atoms with van der Waals surface area (Å²) >= 11 is 1.41. The summed E-state index contributed by atoms with van der Waals surface area (Å²) in [5.41, 5.74) is 2.81. The van der Waals surface area contributed by atoms with Crippen molar-refractivity contribution in [1.82, 2.24) is 14.9 Å². The molecule has 1 aromatic heterocycles. The molecular formula is C23H27N5O3S. The Bertz CT molecular complexity index is 1010. The summed E-state index contributed by atoms with van der Waals surface area (Å²) < 4.78 is 0. The molecule has 2 aliphatic rings. The van der Waals surface area contributed by atoms with E-state index in [1.807, 2.05) is 42.6 Å². The average molecular weight is 454 g/mol. The van der Waals surface area contributed by atoms with Gasteiger partial charge in [0.2, 0.25) is 17.7 Å². The lowest BCUT2D eigenvalue weighted by Gasteiger charge is -2.31. The second-order valence-corrected chi connectivity index (χ2v) is 8.98. The lowest BCUT2D eigenvalue weighted by Crippen LogP contribution is -2.41. The minimum atomic E-state index is -0.128.